The summed E-state index contributed by atoms with van der Waals surface area (Å²) in [6.45, 7) is 6.54. The first-order valence-corrected chi connectivity index (χ1v) is 12.9. The normalized spacial score (nSPS) is 43.1. The van der Waals surface area contributed by atoms with Gasteiger partial charge in [-0.25, -0.2) is 0 Å². The number of carbonyl (C=O) groups is 1. The second-order valence-corrected chi connectivity index (χ2v) is 12.3. The van der Waals surface area contributed by atoms with Crippen LogP contribution in [-0.2, 0) is 10.2 Å². The largest absolute Gasteiger partial charge is 0.353 e. The molecule has 0 radical (unpaired) electrons. The molecule has 4 aliphatic carbocycles. The number of amides is 1. The van der Waals surface area contributed by atoms with Gasteiger partial charge in [0.2, 0.25) is 5.91 Å². The Labute approximate surface area is 193 Å². The lowest BCUT2D eigenvalue weighted by molar-refractivity contribution is -0.140. The average Bonchev–Trinajstić information content (AvgIpc) is 2.65. The highest BCUT2D eigenvalue weighted by atomic mass is 35.5. The average molecular weight is 445 g/mol. The Hall–Kier alpha value is -1.06. The molecule has 4 heteroatoms. The molecular formula is C27H41ClN2O. The zero-order chi connectivity index (χ0) is 22.3. The van der Waals surface area contributed by atoms with Crippen LogP contribution >= 0.6 is 11.6 Å². The van der Waals surface area contributed by atoms with E-state index in [9.17, 15) is 4.79 Å². The van der Waals surface area contributed by atoms with Crippen molar-refractivity contribution in [2.75, 3.05) is 5.88 Å². The summed E-state index contributed by atoms with van der Waals surface area (Å²) in [4.78, 5) is 13.5. The van der Waals surface area contributed by atoms with Crippen molar-refractivity contribution in [3.8, 4) is 0 Å². The molecule has 2 bridgehead atoms. The highest BCUT2D eigenvalue weighted by Crippen LogP contribution is 2.59. The summed E-state index contributed by atoms with van der Waals surface area (Å²) in [5.41, 5.74) is 7.86. The first-order valence-electron chi connectivity index (χ1n) is 12.4. The monoisotopic (exact) mass is 444 g/mol. The molecule has 172 valence electrons. The molecule has 1 aromatic rings. The van der Waals surface area contributed by atoms with Gasteiger partial charge in [0.05, 0.1) is 0 Å². The van der Waals surface area contributed by atoms with E-state index in [1.807, 2.05) is 6.92 Å². The molecule has 1 aromatic carbocycles. The predicted molar refractivity (Wildman–Crippen MR) is 129 cm³/mol. The fourth-order valence-corrected chi connectivity index (χ4v) is 7.93. The summed E-state index contributed by atoms with van der Waals surface area (Å²) in [5, 5.41) is 3.45. The number of benzene rings is 1. The number of nitrogens with one attached hydrogen (secondary N) is 1. The quantitative estimate of drug-likeness (QED) is 0.579. The van der Waals surface area contributed by atoms with Gasteiger partial charge in [0.15, 0.2) is 0 Å². The minimum Gasteiger partial charge on any atom is -0.353 e. The van der Waals surface area contributed by atoms with Gasteiger partial charge in [-0.15, -0.1) is 11.6 Å². The van der Waals surface area contributed by atoms with E-state index in [0.717, 1.165) is 50.3 Å². The fraction of sp³-hybridized carbons (Fsp3) is 0.741. The molecule has 1 amide bonds. The lowest BCUT2D eigenvalue weighted by atomic mass is 9.50. The fourth-order valence-electron chi connectivity index (χ4n) is 7.93. The van der Waals surface area contributed by atoms with E-state index >= 15 is 0 Å². The van der Waals surface area contributed by atoms with E-state index in [2.05, 4.69) is 49.5 Å². The standard InChI is InChI=1S/C25H36N2O.C2H5Cl/c1-17-8-18-10-23(2,16-25(9-17,11-18)19-6-4-3-5-7-19)22(28)27-21-14-24(15-21)12-20(26)13-24;1-2-3/h3-7,17-18,20-21H,8-16,26H2,1-2H3,(H,27,28);2H2,1H3. The molecule has 4 saturated carbocycles. The first kappa shape index (κ1) is 23.1. The molecule has 0 aromatic heterocycles. The number of hydrogen-bond acceptors (Lipinski definition) is 2. The van der Waals surface area contributed by atoms with Crippen LogP contribution in [0, 0.1) is 22.7 Å². The molecule has 0 heterocycles. The maximum atomic E-state index is 13.5. The van der Waals surface area contributed by atoms with Gasteiger partial charge in [-0.1, -0.05) is 51.1 Å². The van der Waals surface area contributed by atoms with Crippen molar-refractivity contribution < 1.29 is 4.79 Å². The second kappa shape index (κ2) is 8.71. The molecule has 4 atom stereocenters. The predicted octanol–water partition coefficient (Wildman–Crippen LogP) is 5.79. The Morgan fingerprint density at radius 1 is 1.10 bits per heavy atom. The Balaban J connectivity index is 0.000000730. The van der Waals surface area contributed by atoms with E-state index in [-0.39, 0.29) is 10.8 Å². The number of nitrogens with two attached hydrogens (primary N) is 1. The summed E-state index contributed by atoms with van der Waals surface area (Å²) in [6, 6.07) is 11.8. The van der Waals surface area contributed by atoms with Crippen molar-refractivity contribution in [1.82, 2.24) is 5.32 Å². The van der Waals surface area contributed by atoms with Gasteiger partial charge in [0, 0.05) is 23.4 Å². The van der Waals surface area contributed by atoms with Crippen LogP contribution in [0.25, 0.3) is 0 Å². The lowest BCUT2D eigenvalue weighted by Crippen LogP contribution is -2.61. The third-order valence-electron chi connectivity index (χ3n) is 8.64. The molecular weight excluding hydrogens is 404 g/mol. The van der Waals surface area contributed by atoms with Gasteiger partial charge in [-0.2, -0.15) is 0 Å². The molecule has 1 spiro atoms. The van der Waals surface area contributed by atoms with E-state index in [4.69, 9.17) is 17.3 Å². The van der Waals surface area contributed by atoms with Crippen LogP contribution < -0.4 is 11.1 Å². The number of rotatable bonds is 3. The molecule has 3 nitrogen and oxygen atoms in total. The summed E-state index contributed by atoms with van der Waals surface area (Å²) >= 11 is 5.00. The van der Waals surface area contributed by atoms with E-state index in [1.54, 1.807) is 0 Å². The highest BCUT2D eigenvalue weighted by Gasteiger charge is 2.55. The zero-order valence-corrected chi connectivity index (χ0v) is 20.4. The van der Waals surface area contributed by atoms with Crippen LogP contribution in [-0.4, -0.2) is 23.9 Å². The van der Waals surface area contributed by atoms with Gasteiger partial charge in [0.25, 0.3) is 0 Å². The van der Waals surface area contributed by atoms with Crippen LogP contribution in [0.3, 0.4) is 0 Å². The van der Waals surface area contributed by atoms with Crippen molar-refractivity contribution in [1.29, 1.82) is 0 Å². The number of fused-ring (bicyclic) bond motifs is 2. The minimum atomic E-state index is -0.238. The maximum absolute atomic E-state index is 13.5. The summed E-state index contributed by atoms with van der Waals surface area (Å²) in [7, 11) is 0. The van der Waals surface area contributed by atoms with Crippen molar-refractivity contribution >= 4 is 17.5 Å². The van der Waals surface area contributed by atoms with Crippen molar-refractivity contribution in [2.45, 2.75) is 96.1 Å². The van der Waals surface area contributed by atoms with E-state index in [0.29, 0.717) is 29.3 Å². The molecule has 5 rings (SSSR count). The van der Waals surface area contributed by atoms with Gasteiger partial charge < -0.3 is 11.1 Å². The maximum Gasteiger partial charge on any atom is 0.226 e. The zero-order valence-electron chi connectivity index (χ0n) is 19.6. The van der Waals surface area contributed by atoms with E-state index < -0.39 is 0 Å². The number of hydrogen-bond donors (Lipinski definition) is 2. The van der Waals surface area contributed by atoms with Gasteiger partial charge in [0.1, 0.15) is 0 Å². The van der Waals surface area contributed by atoms with Crippen LogP contribution in [0.5, 0.6) is 0 Å². The van der Waals surface area contributed by atoms with Crippen LogP contribution in [0.1, 0.15) is 84.1 Å². The molecule has 4 aliphatic rings. The Morgan fingerprint density at radius 3 is 2.35 bits per heavy atom. The van der Waals surface area contributed by atoms with Crippen LogP contribution in [0.2, 0.25) is 0 Å². The molecule has 0 aliphatic heterocycles. The third-order valence-corrected chi connectivity index (χ3v) is 8.64. The second-order valence-electron chi connectivity index (χ2n) is 11.7. The summed E-state index contributed by atoms with van der Waals surface area (Å²) in [5.74, 6) is 2.46. The Bertz CT molecular complexity index is 765. The number of alkyl halides is 1. The van der Waals surface area contributed by atoms with Gasteiger partial charge in [-0.3, -0.25) is 4.79 Å². The van der Waals surface area contributed by atoms with Crippen molar-refractivity contribution in [3.63, 3.8) is 0 Å². The third kappa shape index (κ3) is 4.55. The SMILES string of the molecule is CC1CC2CC(C)(C(=O)NC3CC4(CC(N)C4)C3)CC(c3ccccc3)(C1)C2.CCCl. The highest BCUT2D eigenvalue weighted by molar-refractivity contribution is 6.17. The van der Waals surface area contributed by atoms with Crippen molar-refractivity contribution in [2.24, 2.45) is 28.4 Å². The molecule has 4 fully saturated rings. The summed E-state index contributed by atoms with van der Waals surface area (Å²) < 4.78 is 0. The van der Waals surface area contributed by atoms with Gasteiger partial charge >= 0.3 is 0 Å². The van der Waals surface area contributed by atoms with E-state index in [1.165, 1.54) is 24.8 Å². The molecule has 0 saturated heterocycles. The molecule has 4 unspecified atom stereocenters. The van der Waals surface area contributed by atoms with Crippen LogP contribution in [0.4, 0.5) is 0 Å². The lowest BCUT2D eigenvalue weighted by Gasteiger charge is -2.58. The topological polar surface area (TPSA) is 55.1 Å². The summed E-state index contributed by atoms with van der Waals surface area (Å²) in [6.07, 6.45) is 10.4. The molecule has 31 heavy (non-hydrogen) atoms. The minimum absolute atomic E-state index is 0.176. The van der Waals surface area contributed by atoms with Gasteiger partial charge in [-0.05, 0) is 86.0 Å². The number of carbonyl (C=O) groups excluding carboxylic acids is 1. The Kier molecular flexibility index (Phi) is 6.49. The number of halogens is 1. The van der Waals surface area contributed by atoms with Crippen molar-refractivity contribution in [3.05, 3.63) is 35.9 Å². The Morgan fingerprint density at radius 2 is 1.74 bits per heavy atom. The smallest absolute Gasteiger partial charge is 0.226 e. The first-order chi connectivity index (χ1) is 14.7. The molecule has 3 N–H and O–H groups in total. The van der Waals surface area contributed by atoms with Crippen LogP contribution in [0.15, 0.2) is 30.3 Å².